The number of para-hydroxylation sites is 1. The summed E-state index contributed by atoms with van der Waals surface area (Å²) in [5.41, 5.74) is 1.84. The number of hydrogen-bond acceptors (Lipinski definition) is 5. The molecule has 0 aliphatic carbocycles. The molecule has 5 rings (SSSR count). The van der Waals surface area contributed by atoms with E-state index in [4.69, 9.17) is 4.74 Å². The van der Waals surface area contributed by atoms with Gasteiger partial charge in [-0.2, -0.15) is 0 Å². The van der Waals surface area contributed by atoms with E-state index in [0.29, 0.717) is 56.6 Å². The van der Waals surface area contributed by atoms with Crippen LogP contribution in [0.2, 0.25) is 0 Å². The topological polar surface area (TPSA) is 70.0 Å². The van der Waals surface area contributed by atoms with E-state index < -0.39 is 11.7 Å². The van der Waals surface area contributed by atoms with Gasteiger partial charge in [-0.25, -0.2) is 0 Å². The highest BCUT2D eigenvalue weighted by Crippen LogP contribution is 2.32. The summed E-state index contributed by atoms with van der Waals surface area (Å²) in [7, 11) is 0. The quantitative estimate of drug-likeness (QED) is 0.281. The summed E-state index contributed by atoms with van der Waals surface area (Å²) < 4.78 is 5.95. The third-order valence-corrected chi connectivity index (χ3v) is 7.58. The van der Waals surface area contributed by atoms with Crippen molar-refractivity contribution in [2.45, 2.75) is 37.4 Å². The number of ether oxygens (including phenoxy) is 1. The van der Waals surface area contributed by atoms with Gasteiger partial charge in [-0.1, -0.05) is 84.9 Å². The molecular formula is C33H35NO4. The van der Waals surface area contributed by atoms with Gasteiger partial charge < -0.3 is 19.8 Å². The number of benzene rings is 4. The van der Waals surface area contributed by atoms with Gasteiger partial charge in [0, 0.05) is 26.1 Å². The molecule has 4 aromatic carbocycles. The predicted molar refractivity (Wildman–Crippen MR) is 151 cm³/mol. The third kappa shape index (κ3) is 6.13. The van der Waals surface area contributed by atoms with Crippen LogP contribution in [0.4, 0.5) is 0 Å². The molecule has 0 radical (unpaired) electrons. The van der Waals surface area contributed by atoms with Crippen molar-refractivity contribution in [3.8, 4) is 5.75 Å². The van der Waals surface area contributed by atoms with E-state index in [1.54, 1.807) is 12.1 Å². The Kier molecular flexibility index (Phi) is 8.18. The number of aryl methyl sites for hydroxylation is 1. The summed E-state index contributed by atoms with van der Waals surface area (Å²) in [5.74, 6) is 0.533. The van der Waals surface area contributed by atoms with E-state index in [-0.39, 0.29) is 12.4 Å². The lowest BCUT2D eigenvalue weighted by Crippen LogP contribution is -2.46. The molecule has 5 nitrogen and oxygen atoms in total. The van der Waals surface area contributed by atoms with Crippen LogP contribution in [-0.2, 0) is 12.0 Å². The normalized spacial score (nSPS) is 16.3. The zero-order valence-corrected chi connectivity index (χ0v) is 21.6. The van der Waals surface area contributed by atoms with Gasteiger partial charge in [0.25, 0.3) is 0 Å². The molecule has 0 bridgehead atoms. The Morgan fingerprint density at radius 2 is 1.55 bits per heavy atom. The van der Waals surface area contributed by atoms with Crippen LogP contribution in [-0.4, -0.2) is 53.2 Å². The Labute approximate surface area is 224 Å². The molecule has 0 saturated carbocycles. The number of β-amino-alcohol motifs (C(OH)–C–C–N with tert-alkyl or cyclic N) is 1. The number of likely N-dealkylation sites (tertiary alicyclic amines) is 1. The first-order valence-corrected chi connectivity index (χ1v) is 13.4. The minimum Gasteiger partial charge on any atom is -0.490 e. The Balaban J connectivity index is 1.13. The van der Waals surface area contributed by atoms with E-state index in [1.807, 2.05) is 60.7 Å². The van der Waals surface area contributed by atoms with Crippen molar-refractivity contribution in [2.75, 3.05) is 26.2 Å². The second-order valence-corrected chi connectivity index (χ2v) is 10.2. The first-order chi connectivity index (χ1) is 18.5. The summed E-state index contributed by atoms with van der Waals surface area (Å²) in [5, 5.41) is 24.1. The monoisotopic (exact) mass is 509 g/mol. The van der Waals surface area contributed by atoms with Crippen molar-refractivity contribution in [1.29, 1.82) is 0 Å². The van der Waals surface area contributed by atoms with Crippen LogP contribution in [0.25, 0.3) is 10.8 Å². The van der Waals surface area contributed by atoms with E-state index >= 15 is 0 Å². The molecule has 1 aliphatic heterocycles. The van der Waals surface area contributed by atoms with Crippen molar-refractivity contribution in [2.24, 2.45) is 0 Å². The SMILES string of the molecule is O=C(CCc1cccc2ccccc12)c1ccccc1OC[C@H](O)CN1CCC(O)(c2ccccc2)CC1. The highest BCUT2D eigenvalue weighted by Gasteiger charge is 2.34. The Morgan fingerprint density at radius 3 is 2.37 bits per heavy atom. The number of piperidine rings is 1. The molecule has 5 heteroatoms. The molecule has 38 heavy (non-hydrogen) atoms. The number of ketones is 1. The molecule has 0 spiro atoms. The number of fused-ring (bicyclic) bond motifs is 1. The minimum absolute atomic E-state index is 0.0271. The molecule has 1 heterocycles. The number of nitrogens with zero attached hydrogens (tertiary/aromatic N) is 1. The van der Waals surface area contributed by atoms with Gasteiger partial charge in [-0.15, -0.1) is 0 Å². The van der Waals surface area contributed by atoms with Crippen molar-refractivity contribution in [1.82, 2.24) is 4.90 Å². The molecular weight excluding hydrogens is 474 g/mol. The summed E-state index contributed by atoms with van der Waals surface area (Å²) in [6.07, 6.45) is 1.59. The molecule has 196 valence electrons. The van der Waals surface area contributed by atoms with Crippen molar-refractivity contribution in [3.63, 3.8) is 0 Å². The highest BCUT2D eigenvalue weighted by atomic mass is 16.5. The lowest BCUT2D eigenvalue weighted by atomic mass is 9.84. The Hall–Kier alpha value is -3.51. The number of Topliss-reactive ketones (excluding diaryl/α,β-unsaturated/α-hetero) is 1. The van der Waals surface area contributed by atoms with Gasteiger partial charge in [0.2, 0.25) is 0 Å². The smallest absolute Gasteiger partial charge is 0.166 e. The maximum absolute atomic E-state index is 13.1. The molecule has 1 saturated heterocycles. The van der Waals surface area contributed by atoms with Crippen LogP contribution in [0, 0.1) is 0 Å². The van der Waals surface area contributed by atoms with Crippen molar-refractivity contribution < 1.29 is 19.7 Å². The fourth-order valence-electron chi connectivity index (χ4n) is 5.40. The van der Waals surface area contributed by atoms with Gasteiger partial charge in [0.15, 0.2) is 5.78 Å². The highest BCUT2D eigenvalue weighted by molar-refractivity contribution is 5.99. The molecule has 1 atom stereocenters. The van der Waals surface area contributed by atoms with Crippen molar-refractivity contribution in [3.05, 3.63) is 114 Å². The summed E-state index contributed by atoms with van der Waals surface area (Å²) >= 11 is 0. The Bertz CT molecular complexity index is 1360. The molecule has 0 unspecified atom stereocenters. The zero-order chi connectivity index (χ0) is 26.4. The first-order valence-electron chi connectivity index (χ1n) is 13.4. The molecule has 2 N–H and O–H groups in total. The van der Waals surface area contributed by atoms with Crippen LogP contribution in [0.15, 0.2) is 97.1 Å². The maximum atomic E-state index is 13.1. The second kappa shape index (κ2) is 11.9. The molecule has 1 fully saturated rings. The third-order valence-electron chi connectivity index (χ3n) is 7.58. The number of aliphatic hydroxyl groups is 2. The van der Waals surface area contributed by atoms with Crippen LogP contribution in [0.3, 0.4) is 0 Å². The number of rotatable bonds is 10. The van der Waals surface area contributed by atoms with Gasteiger partial charge in [-0.3, -0.25) is 4.79 Å². The van der Waals surface area contributed by atoms with Gasteiger partial charge in [0.1, 0.15) is 18.5 Å². The minimum atomic E-state index is -0.815. The second-order valence-electron chi connectivity index (χ2n) is 10.2. The molecule has 0 aromatic heterocycles. The van der Waals surface area contributed by atoms with E-state index in [9.17, 15) is 15.0 Å². The van der Waals surface area contributed by atoms with Gasteiger partial charge in [0.05, 0.1) is 11.2 Å². The van der Waals surface area contributed by atoms with Crippen molar-refractivity contribution >= 4 is 16.6 Å². The lowest BCUT2D eigenvalue weighted by Gasteiger charge is -2.39. The standard InChI is InChI=1S/C33H35NO4/c35-28(23-34-21-19-33(37,20-22-34)27-12-2-1-3-13-27)24-38-32-16-7-6-15-30(32)31(36)18-17-26-11-8-10-25-9-4-5-14-29(25)26/h1-16,28,35,37H,17-24H2/t28-/m1/s1. The van der Waals surface area contributed by atoms with Crippen LogP contribution >= 0.6 is 0 Å². The van der Waals surface area contributed by atoms with Gasteiger partial charge in [-0.05, 0) is 53.3 Å². The van der Waals surface area contributed by atoms with Gasteiger partial charge >= 0.3 is 0 Å². The van der Waals surface area contributed by atoms with E-state index in [2.05, 4.69) is 29.2 Å². The Morgan fingerprint density at radius 1 is 0.868 bits per heavy atom. The van der Waals surface area contributed by atoms with E-state index in [1.165, 1.54) is 10.8 Å². The molecule has 1 aliphatic rings. The largest absolute Gasteiger partial charge is 0.490 e. The summed E-state index contributed by atoms with van der Waals surface area (Å²) in [6, 6.07) is 31.5. The average molecular weight is 510 g/mol. The zero-order valence-electron chi connectivity index (χ0n) is 21.6. The molecule has 0 amide bonds. The fraction of sp³-hybridized carbons (Fsp3) is 0.303. The van der Waals surface area contributed by atoms with Crippen LogP contribution < -0.4 is 4.74 Å². The maximum Gasteiger partial charge on any atom is 0.166 e. The lowest BCUT2D eigenvalue weighted by molar-refractivity contribution is -0.0372. The first kappa shape index (κ1) is 26.1. The fourth-order valence-corrected chi connectivity index (χ4v) is 5.40. The number of hydrogen-bond donors (Lipinski definition) is 2. The number of carbonyl (C=O) groups is 1. The molecule has 4 aromatic rings. The number of carbonyl (C=O) groups excluding carboxylic acids is 1. The van der Waals surface area contributed by atoms with Crippen LogP contribution in [0.5, 0.6) is 5.75 Å². The van der Waals surface area contributed by atoms with Crippen LogP contribution in [0.1, 0.15) is 40.7 Å². The summed E-state index contributed by atoms with van der Waals surface area (Å²) in [4.78, 5) is 15.3. The average Bonchev–Trinajstić information content (AvgIpc) is 2.96. The van der Waals surface area contributed by atoms with E-state index in [0.717, 1.165) is 11.1 Å². The summed E-state index contributed by atoms with van der Waals surface area (Å²) in [6.45, 7) is 1.96. The number of aliphatic hydroxyl groups excluding tert-OH is 1. The predicted octanol–water partition coefficient (Wildman–Crippen LogP) is 5.38.